The Morgan fingerprint density at radius 1 is 0.870 bits per heavy atom. The number of methoxy groups -OCH3 is 1. The number of benzene rings is 2. The molecular formula is C38H62BrIO4Si2. The van der Waals surface area contributed by atoms with E-state index in [1.54, 1.807) is 0 Å². The van der Waals surface area contributed by atoms with Gasteiger partial charge in [-0.25, -0.2) is 0 Å². The van der Waals surface area contributed by atoms with Crippen molar-refractivity contribution in [1.29, 1.82) is 0 Å². The summed E-state index contributed by atoms with van der Waals surface area (Å²) in [6, 6.07) is 21.8. The second kappa shape index (κ2) is 16.8. The van der Waals surface area contributed by atoms with Crippen molar-refractivity contribution in [2.24, 2.45) is 5.92 Å². The molecule has 0 bridgehead atoms. The van der Waals surface area contributed by atoms with Crippen molar-refractivity contribution in [1.82, 2.24) is 0 Å². The summed E-state index contributed by atoms with van der Waals surface area (Å²) in [5.74, 6) is 0.524. The molecule has 2 aromatic rings. The van der Waals surface area contributed by atoms with E-state index in [1.165, 1.54) is 10.4 Å². The monoisotopic (exact) mass is 844 g/mol. The average Bonchev–Trinajstić information content (AvgIpc) is 3.25. The number of rotatable bonds is 16. The van der Waals surface area contributed by atoms with Gasteiger partial charge in [0.05, 0.1) is 22.6 Å². The van der Waals surface area contributed by atoms with E-state index in [0.29, 0.717) is 29.1 Å². The van der Waals surface area contributed by atoms with Gasteiger partial charge in [-0.3, -0.25) is 0 Å². The van der Waals surface area contributed by atoms with Crippen molar-refractivity contribution in [2.45, 2.75) is 139 Å². The molecule has 0 aliphatic carbocycles. The van der Waals surface area contributed by atoms with Gasteiger partial charge in [-0.1, -0.05) is 168 Å². The maximum atomic E-state index is 7.59. The summed E-state index contributed by atoms with van der Waals surface area (Å²) in [4.78, 5) is 0.00318. The molecule has 0 N–H and O–H groups in total. The second-order valence-electron chi connectivity index (χ2n) is 15.7. The molecule has 260 valence electrons. The van der Waals surface area contributed by atoms with Crippen LogP contribution < -0.4 is 10.4 Å². The number of hydrogen-bond donors (Lipinski definition) is 0. The van der Waals surface area contributed by atoms with Crippen molar-refractivity contribution in [3.63, 3.8) is 0 Å². The van der Waals surface area contributed by atoms with Crippen LogP contribution in [0, 0.1) is 5.92 Å². The van der Waals surface area contributed by atoms with Crippen LogP contribution in [0.2, 0.25) is 21.7 Å². The lowest BCUT2D eigenvalue weighted by atomic mass is 9.94. The maximum absolute atomic E-state index is 7.59. The van der Waals surface area contributed by atoms with E-state index in [0.717, 1.165) is 17.3 Å². The Bertz CT molecular complexity index is 1130. The van der Waals surface area contributed by atoms with Crippen molar-refractivity contribution >= 4 is 65.5 Å². The smallest absolute Gasteiger partial charge is 0.261 e. The Morgan fingerprint density at radius 3 is 1.74 bits per heavy atom. The number of alkyl halides is 2. The highest BCUT2D eigenvalue weighted by atomic mass is 127. The van der Waals surface area contributed by atoms with Crippen LogP contribution in [-0.2, 0) is 18.3 Å². The highest BCUT2D eigenvalue weighted by molar-refractivity contribution is 14.1. The first-order chi connectivity index (χ1) is 21.5. The van der Waals surface area contributed by atoms with Crippen molar-refractivity contribution < 1.29 is 18.3 Å². The molecule has 0 amide bonds. The topological polar surface area (TPSA) is 36.9 Å². The van der Waals surface area contributed by atoms with Crippen molar-refractivity contribution in [3.8, 4) is 0 Å². The highest BCUT2D eigenvalue weighted by Gasteiger charge is 2.59. The minimum Gasteiger partial charge on any atom is -0.409 e. The van der Waals surface area contributed by atoms with Gasteiger partial charge in [-0.15, -0.1) is 0 Å². The van der Waals surface area contributed by atoms with E-state index >= 15 is 0 Å². The lowest BCUT2D eigenvalue weighted by molar-refractivity contribution is -0.115. The molecule has 1 saturated heterocycles. The molecule has 4 nitrogen and oxygen atoms in total. The molecular weight excluding hydrogens is 783 g/mol. The third kappa shape index (κ3) is 8.27. The zero-order valence-corrected chi connectivity index (χ0v) is 36.4. The normalized spacial score (nSPS) is 24.2. The molecule has 0 spiro atoms. The Hall–Kier alpha value is -0.0762. The zero-order chi connectivity index (χ0) is 34.5. The molecule has 46 heavy (non-hydrogen) atoms. The first-order valence-electron chi connectivity index (χ1n) is 17.3. The fourth-order valence-electron chi connectivity index (χ4n) is 8.20. The standard InChI is InChI=1S/C38H62BrIO4Si2/c1-27(2)45(28(3)4,29(5)6)44-35-34(33(41-12)25-30(7)26-40)43-38(11,36(35)39)23-24-42-46(37(8,9)10,31-19-15-13-16-20-31)32-21-17-14-18-22-32/h13-22,27-30,33-36H,23-26H2,1-12H3/t30-,33-,34+,35+,36-,38+/m0/s1. The number of ether oxygens (including phenoxy) is 2. The highest BCUT2D eigenvalue weighted by Crippen LogP contribution is 2.49. The second-order valence-corrected chi connectivity index (χ2v) is 27.3. The number of halogens is 2. The van der Waals surface area contributed by atoms with E-state index in [-0.39, 0.29) is 28.2 Å². The van der Waals surface area contributed by atoms with Gasteiger partial charge in [-0.05, 0) is 57.7 Å². The van der Waals surface area contributed by atoms with Gasteiger partial charge in [0.1, 0.15) is 6.10 Å². The average molecular weight is 846 g/mol. The van der Waals surface area contributed by atoms with Crippen LogP contribution in [-0.4, -0.2) is 63.5 Å². The van der Waals surface area contributed by atoms with Crippen LogP contribution in [0.3, 0.4) is 0 Å². The van der Waals surface area contributed by atoms with Crippen LogP contribution >= 0.6 is 38.5 Å². The molecule has 0 saturated carbocycles. The minimum atomic E-state index is -2.67. The Balaban J connectivity index is 2.03. The lowest BCUT2D eigenvalue weighted by Gasteiger charge is -2.46. The molecule has 8 heteroatoms. The summed E-state index contributed by atoms with van der Waals surface area (Å²) in [6.45, 7) is 26.4. The fraction of sp³-hybridized carbons (Fsp3) is 0.684. The van der Waals surface area contributed by atoms with Gasteiger partial charge in [0.15, 0.2) is 0 Å². The van der Waals surface area contributed by atoms with Crippen molar-refractivity contribution in [3.05, 3.63) is 60.7 Å². The van der Waals surface area contributed by atoms with E-state index in [1.807, 2.05) is 7.11 Å². The van der Waals surface area contributed by atoms with E-state index in [4.69, 9.17) is 18.3 Å². The Labute approximate surface area is 306 Å². The van der Waals surface area contributed by atoms with Crippen molar-refractivity contribution in [2.75, 3.05) is 18.1 Å². The summed E-state index contributed by atoms with van der Waals surface area (Å²) in [5, 5.41) is 2.52. The van der Waals surface area contributed by atoms with Crippen LogP contribution in [0.15, 0.2) is 60.7 Å². The van der Waals surface area contributed by atoms with Crippen LogP contribution in [0.1, 0.15) is 89.0 Å². The molecule has 0 unspecified atom stereocenters. The molecule has 1 aliphatic heterocycles. The van der Waals surface area contributed by atoms with E-state index in [2.05, 4.69) is 175 Å². The fourth-order valence-corrected chi connectivity index (χ4v) is 19.6. The third-order valence-electron chi connectivity index (χ3n) is 10.5. The maximum Gasteiger partial charge on any atom is 0.261 e. The van der Waals surface area contributed by atoms with Crippen LogP contribution in [0.5, 0.6) is 0 Å². The Morgan fingerprint density at radius 2 is 1.35 bits per heavy atom. The first-order valence-corrected chi connectivity index (χ1v) is 23.8. The van der Waals surface area contributed by atoms with Gasteiger partial charge in [-0.2, -0.15) is 0 Å². The summed E-state index contributed by atoms with van der Waals surface area (Å²) >= 11 is 6.72. The Kier molecular flexibility index (Phi) is 14.7. The summed E-state index contributed by atoms with van der Waals surface area (Å²) < 4.78 is 29.5. The molecule has 0 radical (unpaired) electrons. The van der Waals surface area contributed by atoms with Crippen LogP contribution in [0.25, 0.3) is 0 Å². The molecule has 1 aliphatic rings. The van der Waals surface area contributed by atoms with Gasteiger partial charge in [0.2, 0.25) is 8.32 Å². The summed E-state index contributed by atoms with van der Waals surface area (Å²) in [5.41, 5.74) is 0.947. The predicted octanol–water partition coefficient (Wildman–Crippen LogP) is 9.91. The summed E-state index contributed by atoms with van der Waals surface area (Å²) in [7, 11) is -3.04. The molecule has 6 atom stereocenters. The molecule has 2 aromatic carbocycles. The largest absolute Gasteiger partial charge is 0.409 e. The number of hydrogen-bond acceptors (Lipinski definition) is 4. The third-order valence-corrected chi connectivity index (χ3v) is 24.7. The predicted molar refractivity (Wildman–Crippen MR) is 214 cm³/mol. The lowest BCUT2D eigenvalue weighted by Crippen LogP contribution is -2.66. The van der Waals surface area contributed by atoms with Gasteiger partial charge >= 0.3 is 0 Å². The minimum absolute atomic E-state index is 0.00318. The van der Waals surface area contributed by atoms with E-state index < -0.39 is 22.2 Å². The zero-order valence-electron chi connectivity index (χ0n) is 30.6. The van der Waals surface area contributed by atoms with E-state index in [9.17, 15) is 0 Å². The summed E-state index contributed by atoms with van der Waals surface area (Å²) in [6.07, 6.45) is 1.37. The SMILES string of the molecule is CO[C@@H](C[C@H](C)CI)[C@H]1O[C@](C)(CCO[Si](c2ccccc2)(c2ccccc2)C(C)(C)C)[C@@H](Br)[C@@H]1O[Si](C(C)C)(C(C)C)C(C)C. The quantitative estimate of drug-likeness (QED) is 0.0959. The van der Waals surface area contributed by atoms with Gasteiger partial charge in [0.25, 0.3) is 8.32 Å². The molecule has 1 fully saturated rings. The molecule has 3 rings (SSSR count). The van der Waals surface area contributed by atoms with Gasteiger partial charge in [0, 0.05) is 18.1 Å². The van der Waals surface area contributed by atoms with Crippen LogP contribution in [0.4, 0.5) is 0 Å². The first kappa shape index (κ1) is 40.4. The van der Waals surface area contributed by atoms with Gasteiger partial charge < -0.3 is 18.3 Å². The molecule has 1 heterocycles. The molecule has 0 aromatic heterocycles.